The molecular weight excluding hydrogens is 440 g/mol. The molecule has 2 aromatic rings. The number of benzene rings is 1. The molecule has 5 heteroatoms. The first-order valence-corrected chi connectivity index (χ1v) is 12.0. The Morgan fingerprint density at radius 1 is 1.40 bits per heavy atom. The van der Waals surface area contributed by atoms with Gasteiger partial charge in [0.2, 0.25) is 0 Å². The van der Waals surface area contributed by atoms with Gasteiger partial charge in [-0.15, -0.1) is 0 Å². The monoisotopic (exact) mass is 472 g/mol. The van der Waals surface area contributed by atoms with Gasteiger partial charge in [0.1, 0.15) is 0 Å². The predicted octanol–water partition coefficient (Wildman–Crippen LogP) is 5.17. The fraction of sp³-hybridized carbons (Fsp3) is 0.560. The third-order valence-corrected chi connectivity index (χ3v) is 8.21. The summed E-state index contributed by atoms with van der Waals surface area (Å²) in [7, 11) is 1.83. The molecule has 0 aliphatic heterocycles. The summed E-state index contributed by atoms with van der Waals surface area (Å²) in [6, 6.07) is 6.03. The maximum absolute atomic E-state index is 13.4. The van der Waals surface area contributed by atoms with Crippen LogP contribution in [0, 0.1) is 17.3 Å². The van der Waals surface area contributed by atoms with E-state index in [1.807, 2.05) is 36.0 Å². The van der Waals surface area contributed by atoms with E-state index in [2.05, 4.69) is 34.7 Å². The molecule has 30 heavy (non-hydrogen) atoms. The molecule has 1 aromatic carbocycles. The summed E-state index contributed by atoms with van der Waals surface area (Å²) in [4.78, 5) is 13.4. The third kappa shape index (κ3) is 4.04. The highest BCUT2D eigenvalue weighted by Crippen LogP contribution is 2.55. The lowest BCUT2D eigenvalue weighted by Gasteiger charge is -2.50. The standard InChI is InChI=1S/C25H33BrN2O2/c1-16-11-25(9-7-18(16)8-10-25)12-23(30)17(2)20-15-28(14-19(29)13-27-3)22-6-4-5-21(26)24(20)22/h4-6,15-16,18-19,27,29H,2,7-14H2,1,3H3. The number of fused-ring (bicyclic) bond motifs is 4. The van der Waals surface area contributed by atoms with Crippen molar-refractivity contribution in [2.45, 2.75) is 58.1 Å². The van der Waals surface area contributed by atoms with E-state index in [0.29, 0.717) is 25.1 Å². The van der Waals surface area contributed by atoms with Crippen LogP contribution in [-0.2, 0) is 11.3 Å². The number of carbonyl (C=O) groups is 1. The SMILES string of the molecule is C=C(C(=O)CC12CCC(CC1)C(C)C2)c1cn(CC(O)CNC)c2cccc(Br)c12. The Hall–Kier alpha value is -1.43. The van der Waals surface area contributed by atoms with Crippen molar-refractivity contribution < 1.29 is 9.90 Å². The Morgan fingerprint density at radius 3 is 2.80 bits per heavy atom. The number of aliphatic hydroxyl groups excluding tert-OH is 1. The van der Waals surface area contributed by atoms with Crippen LogP contribution < -0.4 is 5.32 Å². The van der Waals surface area contributed by atoms with Gasteiger partial charge >= 0.3 is 0 Å². The van der Waals surface area contributed by atoms with Crippen LogP contribution in [0.25, 0.3) is 16.5 Å². The number of hydrogen-bond donors (Lipinski definition) is 2. The van der Waals surface area contributed by atoms with Crippen molar-refractivity contribution in [1.29, 1.82) is 0 Å². The number of allylic oxidation sites excluding steroid dienone is 1. The number of Topliss-reactive ketones (excluding diaryl/α,β-unsaturated/α-hetero) is 1. The minimum absolute atomic E-state index is 0.173. The van der Waals surface area contributed by atoms with Crippen LogP contribution in [0.4, 0.5) is 0 Å². The van der Waals surface area contributed by atoms with Gasteiger partial charge in [-0.05, 0) is 68.5 Å². The molecule has 3 aliphatic rings. The van der Waals surface area contributed by atoms with Crippen molar-refractivity contribution in [3.63, 3.8) is 0 Å². The van der Waals surface area contributed by atoms with E-state index in [9.17, 15) is 9.90 Å². The number of likely N-dealkylation sites (N-methyl/N-ethyl adjacent to an activating group) is 1. The van der Waals surface area contributed by atoms with E-state index >= 15 is 0 Å². The minimum atomic E-state index is -0.501. The molecule has 0 amide bonds. The van der Waals surface area contributed by atoms with Gasteiger partial charge in [-0.3, -0.25) is 4.79 Å². The maximum atomic E-state index is 13.4. The summed E-state index contributed by atoms with van der Waals surface area (Å²) in [6.45, 7) is 7.60. The van der Waals surface area contributed by atoms with E-state index in [0.717, 1.165) is 32.8 Å². The molecular formula is C25H33BrN2O2. The Bertz CT molecular complexity index is 955. The van der Waals surface area contributed by atoms with Gasteiger partial charge in [-0.1, -0.05) is 35.5 Å². The third-order valence-electron chi connectivity index (χ3n) is 7.55. The molecule has 4 nitrogen and oxygen atoms in total. The van der Waals surface area contributed by atoms with E-state index in [4.69, 9.17) is 0 Å². The normalized spacial score (nSPS) is 26.8. The van der Waals surface area contributed by atoms with Gasteiger partial charge in [0.05, 0.1) is 6.10 Å². The number of hydrogen-bond acceptors (Lipinski definition) is 3. The van der Waals surface area contributed by atoms with Gasteiger partial charge in [-0.25, -0.2) is 0 Å². The van der Waals surface area contributed by atoms with Crippen LogP contribution >= 0.6 is 15.9 Å². The molecule has 162 valence electrons. The van der Waals surface area contributed by atoms with Crippen molar-refractivity contribution in [1.82, 2.24) is 9.88 Å². The number of nitrogens with one attached hydrogen (secondary N) is 1. The fourth-order valence-corrected chi connectivity index (χ4v) is 6.51. The predicted molar refractivity (Wildman–Crippen MR) is 126 cm³/mol. The molecule has 3 saturated carbocycles. The summed E-state index contributed by atoms with van der Waals surface area (Å²) in [5, 5.41) is 14.3. The average molecular weight is 473 g/mol. The van der Waals surface area contributed by atoms with E-state index in [-0.39, 0.29) is 11.2 Å². The Balaban J connectivity index is 1.62. The number of rotatable bonds is 8. The quantitative estimate of drug-likeness (QED) is 0.520. The minimum Gasteiger partial charge on any atom is -0.390 e. The molecule has 1 heterocycles. The van der Waals surface area contributed by atoms with Gasteiger partial charge in [-0.2, -0.15) is 0 Å². The smallest absolute Gasteiger partial charge is 0.163 e. The number of ketones is 1. The Kier molecular flexibility index (Phi) is 6.25. The number of halogens is 1. The zero-order chi connectivity index (χ0) is 21.5. The number of carbonyl (C=O) groups excluding carboxylic acids is 1. The average Bonchev–Trinajstić information content (AvgIpc) is 3.07. The summed E-state index contributed by atoms with van der Waals surface area (Å²) < 4.78 is 3.00. The molecule has 1 aromatic heterocycles. The summed E-state index contributed by atoms with van der Waals surface area (Å²) in [5.41, 5.74) is 2.66. The lowest BCUT2D eigenvalue weighted by molar-refractivity contribution is -0.118. The molecule has 3 fully saturated rings. The molecule has 2 atom stereocenters. The van der Waals surface area contributed by atoms with Crippen molar-refractivity contribution in [2.75, 3.05) is 13.6 Å². The van der Waals surface area contributed by atoms with Gasteiger partial charge in [0, 0.05) is 52.2 Å². The largest absolute Gasteiger partial charge is 0.390 e. The number of nitrogens with zero attached hydrogens (tertiary/aromatic N) is 1. The summed E-state index contributed by atoms with van der Waals surface area (Å²) >= 11 is 3.67. The molecule has 5 rings (SSSR count). The molecule has 0 spiro atoms. The Morgan fingerprint density at radius 2 is 2.13 bits per heavy atom. The first-order valence-electron chi connectivity index (χ1n) is 11.2. The maximum Gasteiger partial charge on any atom is 0.163 e. The number of aliphatic hydroxyl groups is 1. The summed E-state index contributed by atoms with van der Waals surface area (Å²) in [5.74, 6) is 1.77. The highest BCUT2D eigenvalue weighted by molar-refractivity contribution is 9.10. The van der Waals surface area contributed by atoms with Crippen LogP contribution in [0.1, 0.15) is 51.0 Å². The van der Waals surface area contributed by atoms with E-state index < -0.39 is 6.10 Å². The van der Waals surface area contributed by atoms with E-state index in [1.165, 1.54) is 32.1 Å². The topological polar surface area (TPSA) is 54.3 Å². The van der Waals surface area contributed by atoms with Gasteiger partial charge in [0.25, 0.3) is 0 Å². The summed E-state index contributed by atoms with van der Waals surface area (Å²) in [6.07, 6.45) is 8.20. The Labute approximate surface area is 187 Å². The zero-order valence-corrected chi connectivity index (χ0v) is 19.7. The van der Waals surface area contributed by atoms with Crippen molar-refractivity contribution in [3.8, 4) is 0 Å². The second-order valence-corrected chi connectivity index (χ2v) is 10.5. The molecule has 2 N–H and O–H groups in total. The van der Waals surface area contributed by atoms with Gasteiger partial charge in [0.15, 0.2) is 5.78 Å². The van der Waals surface area contributed by atoms with Crippen LogP contribution in [0.3, 0.4) is 0 Å². The van der Waals surface area contributed by atoms with Crippen molar-refractivity contribution in [3.05, 3.63) is 41.0 Å². The second-order valence-electron chi connectivity index (χ2n) is 9.64. The molecule has 2 unspecified atom stereocenters. The molecule has 0 radical (unpaired) electrons. The highest BCUT2D eigenvalue weighted by atomic mass is 79.9. The van der Waals surface area contributed by atoms with Crippen LogP contribution in [0.5, 0.6) is 0 Å². The fourth-order valence-electron chi connectivity index (χ4n) is 5.94. The first kappa shape index (κ1) is 21.8. The van der Waals surface area contributed by atoms with Crippen molar-refractivity contribution in [2.24, 2.45) is 17.3 Å². The molecule has 3 aliphatic carbocycles. The zero-order valence-electron chi connectivity index (χ0n) is 18.1. The molecule has 0 saturated heterocycles. The van der Waals surface area contributed by atoms with Crippen molar-refractivity contribution >= 4 is 38.2 Å². The van der Waals surface area contributed by atoms with Gasteiger partial charge < -0.3 is 15.0 Å². The van der Waals surface area contributed by atoms with Crippen LogP contribution in [-0.4, -0.2) is 35.2 Å². The van der Waals surface area contributed by atoms with Crippen LogP contribution in [0.2, 0.25) is 0 Å². The van der Waals surface area contributed by atoms with E-state index in [1.54, 1.807) is 0 Å². The highest BCUT2D eigenvalue weighted by Gasteiger charge is 2.45. The molecule has 2 bridgehead atoms. The lowest BCUT2D eigenvalue weighted by Crippen LogP contribution is -2.40. The van der Waals surface area contributed by atoms with Crippen LogP contribution in [0.15, 0.2) is 35.4 Å². The first-order chi connectivity index (χ1) is 14.3. The second kappa shape index (κ2) is 8.60. The lowest BCUT2D eigenvalue weighted by atomic mass is 9.55. The number of aromatic nitrogens is 1.